The van der Waals surface area contributed by atoms with Crippen molar-refractivity contribution in [1.82, 2.24) is 9.97 Å². The number of halogens is 3. The summed E-state index contributed by atoms with van der Waals surface area (Å²) < 4.78 is 40.8. The summed E-state index contributed by atoms with van der Waals surface area (Å²) in [6, 6.07) is 4.70. The molecule has 0 unspecified atom stereocenters. The van der Waals surface area contributed by atoms with Gasteiger partial charge in [-0.2, -0.15) is 10.2 Å². The average Bonchev–Trinajstić information content (AvgIpc) is 2.45. The first-order valence-electron chi connectivity index (χ1n) is 6.21. The van der Waals surface area contributed by atoms with Crippen molar-refractivity contribution in [2.24, 2.45) is 0 Å². The van der Waals surface area contributed by atoms with Crippen LogP contribution in [0, 0.1) is 11.3 Å². The van der Waals surface area contributed by atoms with Crippen LogP contribution in [0.5, 0.6) is 5.75 Å². The van der Waals surface area contributed by atoms with Gasteiger partial charge in [0.1, 0.15) is 23.2 Å². The van der Waals surface area contributed by atoms with Gasteiger partial charge in [0.25, 0.3) is 0 Å². The second kappa shape index (κ2) is 6.22. The molecule has 0 aliphatic rings. The van der Waals surface area contributed by atoms with Crippen LogP contribution in [0.25, 0.3) is 11.3 Å². The molecule has 2 aromatic rings. The Morgan fingerprint density at radius 2 is 1.88 bits per heavy atom. The number of hydrogen-bond acceptors (Lipinski definition) is 8. The van der Waals surface area contributed by atoms with Crippen molar-refractivity contribution in [1.29, 1.82) is 5.26 Å². The predicted molar refractivity (Wildman–Crippen MR) is 77.5 cm³/mol. The summed E-state index contributed by atoms with van der Waals surface area (Å²) in [6.07, 6.45) is -5.02. The van der Waals surface area contributed by atoms with Crippen LogP contribution in [0.15, 0.2) is 18.2 Å². The Kier molecular flexibility index (Phi) is 4.49. The Bertz CT molecular complexity index is 823. The molecule has 1 heterocycles. The van der Waals surface area contributed by atoms with E-state index in [0.717, 1.165) is 18.2 Å². The Morgan fingerprint density at radius 1 is 1.21 bits per heavy atom. The summed E-state index contributed by atoms with van der Waals surface area (Å²) in [6.45, 7) is 0. The molecule has 0 fully saturated rings. The van der Waals surface area contributed by atoms with Crippen molar-refractivity contribution in [2.75, 3.05) is 11.5 Å². The quantitative estimate of drug-likeness (QED) is 0.559. The van der Waals surface area contributed by atoms with E-state index in [2.05, 4.69) is 14.7 Å². The van der Waals surface area contributed by atoms with Crippen LogP contribution in [-0.4, -0.2) is 33.5 Å². The summed E-state index contributed by atoms with van der Waals surface area (Å²) >= 11 is 0. The first kappa shape index (κ1) is 17.3. The molecular weight excluding hydrogens is 330 g/mol. The van der Waals surface area contributed by atoms with E-state index in [1.807, 2.05) is 0 Å². The number of hydrogen-bond donors (Lipinski definition) is 4. The lowest BCUT2D eigenvalue weighted by Crippen LogP contribution is -2.34. The second-order valence-corrected chi connectivity index (χ2v) is 4.48. The minimum atomic E-state index is -5.02. The van der Waals surface area contributed by atoms with Crippen LogP contribution in [0.2, 0.25) is 0 Å². The third-order valence-electron chi connectivity index (χ3n) is 2.85. The molecule has 8 nitrogen and oxygen atoms in total. The lowest BCUT2D eigenvalue weighted by atomic mass is 9.78. The lowest BCUT2D eigenvalue weighted by molar-refractivity contribution is -0.274. The Morgan fingerprint density at radius 3 is 2.42 bits per heavy atom. The van der Waals surface area contributed by atoms with E-state index in [1.54, 1.807) is 6.07 Å². The van der Waals surface area contributed by atoms with Gasteiger partial charge in [0.15, 0.2) is 0 Å². The summed E-state index contributed by atoms with van der Waals surface area (Å²) in [5, 5.41) is 27.7. The number of nitrogen functional groups attached to an aromatic ring is 2. The Hall–Kier alpha value is -3.04. The van der Waals surface area contributed by atoms with Gasteiger partial charge in [0, 0.05) is 11.0 Å². The van der Waals surface area contributed by atoms with Gasteiger partial charge in [-0.1, -0.05) is 0 Å². The highest BCUT2D eigenvalue weighted by molar-refractivity contribution is 6.59. The fraction of sp³-hybridized carbons (Fsp3) is 0.0833. The molecule has 124 valence electrons. The van der Waals surface area contributed by atoms with Crippen LogP contribution < -0.4 is 21.7 Å². The zero-order chi connectivity index (χ0) is 18.1. The molecule has 1 aromatic carbocycles. The van der Waals surface area contributed by atoms with Crippen molar-refractivity contribution < 1.29 is 28.0 Å². The molecule has 0 bridgehead atoms. The van der Waals surface area contributed by atoms with E-state index in [1.165, 1.54) is 0 Å². The van der Waals surface area contributed by atoms with Crippen LogP contribution in [-0.2, 0) is 0 Å². The van der Waals surface area contributed by atoms with Gasteiger partial charge in [0.05, 0.1) is 5.69 Å². The number of nitrogens with zero attached hydrogens (tertiary/aromatic N) is 3. The maximum Gasteiger partial charge on any atom is 0.573 e. The van der Waals surface area contributed by atoms with Crippen molar-refractivity contribution >= 4 is 24.3 Å². The molecule has 24 heavy (non-hydrogen) atoms. The molecular formula is C12H9BF3N5O3. The minimum absolute atomic E-state index is 0.0667. The van der Waals surface area contributed by atoms with E-state index in [0.29, 0.717) is 0 Å². The van der Waals surface area contributed by atoms with E-state index < -0.39 is 24.7 Å². The molecule has 2 rings (SSSR count). The van der Waals surface area contributed by atoms with E-state index >= 15 is 0 Å². The third-order valence-corrected chi connectivity index (χ3v) is 2.85. The standard InChI is InChI=1S/C12H9BF3N5O3/c14-12(15,16)24-8-2-1-5(3-7(8)13(22)23)9-6(4-17)10(18)21-11(19)20-9/h1-3,22-23H,(H4,18,19,20,21). The molecule has 6 N–H and O–H groups in total. The largest absolute Gasteiger partial charge is 0.573 e. The number of benzene rings is 1. The third kappa shape index (κ3) is 3.65. The van der Waals surface area contributed by atoms with Gasteiger partial charge in [-0.05, 0) is 18.2 Å². The number of alkyl halides is 3. The van der Waals surface area contributed by atoms with Crippen molar-refractivity contribution in [3.63, 3.8) is 0 Å². The second-order valence-electron chi connectivity index (χ2n) is 4.48. The molecule has 0 atom stereocenters. The number of rotatable bonds is 3. The Labute approximate surface area is 133 Å². The van der Waals surface area contributed by atoms with Gasteiger partial charge >= 0.3 is 13.5 Å². The highest BCUT2D eigenvalue weighted by atomic mass is 19.4. The molecule has 0 aliphatic heterocycles. The average molecular weight is 339 g/mol. The summed E-state index contributed by atoms with van der Waals surface area (Å²) in [5.41, 5.74) is 10.3. The minimum Gasteiger partial charge on any atom is -0.423 e. The van der Waals surface area contributed by atoms with Gasteiger partial charge < -0.3 is 26.3 Å². The van der Waals surface area contributed by atoms with Crippen LogP contribution >= 0.6 is 0 Å². The summed E-state index contributed by atoms with van der Waals surface area (Å²) in [4.78, 5) is 7.42. The maximum absolute atomic E-state index is 12.4. The zero-order valence-electron chi connectivity index (χ0n) is 11.7. The van der Waals surface area contributed by atoms with E-state index in [4.69, 9.17) is 16.7 Å². The zero-order valence-corrected chi connectivity index (χ0v) is 11.7. The summed E-state index contributed by atoms with van der Waals surface area (Å²) in [7, 11) is -2.26. The Balaban J connectivity index is 2.62. The molecule has 0 amide bonds. The molecule has 0 aliphatic carbocycles. The van der Waals surface area contributed by atoms with Crippen LogP contribution in [0.1, 0.15) is 5.56 Å². The normalized spacial score (nSPS) is 11.0. The maximum atomic E-state index is 12.4. The first-order valence-corrected chi connectivity index (χ1v) is 6.21. The fourth-order valence-electron chi connectivity index (χ4n) is 1.93. The van der Waals surface area contributed by atoms with E-state index in [9.17, 15) is 23.2 Å². The first-order chi connectivity index (χ1) is 11.1. The number of ether oxygens (including phenoxy) is 1. The van der Waals surface area contributed by atoms with Crippen molar-refractivity contribution in [3.8, 4) is 23.1 Å². The highest BCUT2D eigenvalue weighted by Crippen LogP contribution is 2.28. The number of anilines is 2. The number of nitriles is 1. The lowest BCUT2D eigenvalue weighted by Gasteiger charge is -2.14. The van der Waals surface area contributed by atoms with Crippen LogP contribution in [0.3, 0.4) is 0 Å². The topological polar surface area (TPSA) is 151 Å². The molecule has 0 radical (unpaired) electrons. The molecule has 0 saturated heterocycles. The monoisotopic (exact) mass is 339 g/mol. The molecule has 12 heteroatoms. The van der Waals surface area contributed by atoms with Gasteiger partial charge in [-0.25, -0.2) is 4.98 Å². The highest BCUT2D eigenvalue weighted by Gasteiger charge is 2.33. The SMILES string of the molecule is N#Cc1c(N)nc(N)nc1-c1ccc(OC(F)(F)F)c(B(O)O)c1. The van der Waals surface area contributed by atoms with Crippen LogP contribution in [0.4, 0.5) is 24.9 Å². The van der Waals surface area contributed by atoms with Gasteiger partial charge in [-0.3, -0.25) is 0 Å². The fourth-order valence-corrected chi connectivity index (χ4v) is 1.93. The predicted octanol–water partition coefficient (Wildman–Crippen LogP) is -0.242. The van der Waals surface area contributed by atoms with Gasteiger partial charge in [-0.15, -0.1) is 13.2 Å². The van der Waals surface area contributed by atoms with Crippen molar-refractivity contribution in [3.05, 3.63) is 23.8 Å². The summed E-state index contributed by atoms with van der Waals surface area (Å²) in [5.74, 6) is -1.29. The van der Waals surface area contributed by atoms with Crippen molar-refractivity contribution in [2.45, 2.75) is 6.36 Å². The van der Waals surface area contributed by atoms with Gasteiger partial charge in [0.2, 0.25) is 5.95 Å². The number of nitrogens with two attached hydrogens (primary N) is 2. The molecule has 1 aromatic heterocycles. The number of aromatic nitrogens is 2. The molecule has 0 saturated carbocycles. The van der Waals surface area contributed by atoms with E-state index in [-0.39, 0.29) is 28.6 Å². The molecule has 0 spiro atoms. The smallest absolute Gasteiger partial charge is 0.423 e.